The molecular formula is C13H21N5O2. The maximum Gasteiger partial charge on any atom is 0.246 e. The minimum atomic E-state index is -0.275. The molecule has 1 aromatic heterocycles. The van der Waals surface area contributed by atoms with Crippen LogP contribution in [-0.4, -0.2) is 40.7 Å². The molecule has 0 unspecified atom stereocenters. The van der Waals surface area contributed by atoms with Gasteiger partial charge in [-0.15, -0.1) is 0 Å². The van der Waals surface area contributed by atoms with Crippen molar-refractivity contribution in [2.75, 3.05) is 18.0 Å². The molecule has 0 spiro atoms. The number of aromatic nitrogens is 2. The third-order valence-electron chi connectivity index (χ3n) is 3.25. The fourth-order valence-corrected chi connectivity index (χ4v) is 2.39. The van der Waals surface area contributed by atoms with Crippen LogP contribution < -0.4 is 15.5 Å². The van der Waals surface area contributed by atoms with E-state index in [9.17, 15) is 9.59 Å². The molecule has 7 nitrogen and oxygen atoms in total. The molecule has 2 amide bonds. The van der Waals surface area contributed by atoms with Gasteiger partial charge in [-0.1, -0.05) is 13.8 Å². The highest BCUT2D eigenvalue weighted by molar-refractivity contribution is 6.02. The lowest BCUT2D eigenvalue weighted by Gasteiger charge is -2.28. The van der Waals surface area contributed by atoms with Gasteiger partial charge in [-0.3, -0.25) is 19.6 Å². The average Bonchev–Trinajstić information content (AvgIpc) is 2.59. The van der Waals surface area contributed by atoms with Crippen LogP contribution in [0.1, 0.15) is 25.1 Å². The van der Waals surface area contributed by atoms with Crippen molar-refractivity contribution < 1.29 is 9.59 Å². The Bertz CT molecular complexity index is 519. The maximum absolute atomic E-state index is 11.5. The van der Waals surface area contributed by atoms with E-state index in [2.05, 4.69) is 29.6 Å². The van der Waals surface area contributed by atoms with E-state index in [0.717, 1.165) is 17.1 Å². The first-order chi connectivity index (χ1) is 9.38. The predicted molar refractivity (Wildman–Crippen MR) is 75.3 cm³/mol. The number of carbonyl (C=O) groups excluding carboxylic acids is 2. The molecular weight excluding hydrogens is 258 g/mol. The summed E-state index contributed by atoms with van der Waals surface area (Å²) in [6.45, 7) is 7.11. The second kappa shape index (κ2) is 5.62. The van der Waals surface area contributed by atoms with Crippen molar-refractivity contribution in [3.8, 4) is 0 Å². The number of aryl methyl sites for hydroxylation is 2. The Morgan fingerprint density at radius 2 is 1.90 bits per heavy atom. The van der Waals surface area contributed by atoms with Crippen molar-refractivity contribution in [1.29, 1.82) is 0 Å². The molecule has 0 radical (unpaired) electrons. The van der Waals surface area contributed by atoms with Gasteiger partial charge >= 0.3 is 0 Å². The van der Waals surface area contributed by atoms with Crippen molar-refractivity contribution in [2.45, 2.75) is 33.4 Å². The topological polar surface area (TPSA) is 79.3 Å². The monoisotopic (exact) mass is 279 g/mol. The molecule has 2 N–H and O–H groups in total. The minimum absolute atomic E-state index is 0.180. The number of nitrogens with one attached hydrogen (secondary N) is 2. The second-order valence-electron chi connectivity index (χ2n) is 5.37. The van der Waals surface area contributed by atoms with Crippen molar-refractivity contribution in [2.24, 2.45) is 7.05 Å². The first-order valence-corrected chi connectivity index (χ1v) is 6.72. The zero-order valence-corrected chi connectivity index (χ0v) is 12.4. The van der Waals surface area contributed by atoms with Crippen LogP contribution in [0.5, 0.6) is 0 Å². The summed E-state index contributed by atoms with van der Waals surface area (Å²) >= 11 is 0. The Morgan fingerprint density at radius 3 is 2.45 bits per heavy atom. The summed E-state index contributed by atoms with van der Waals surface area (Å²) in [5, 5.41) is 10.1. The van der Waals surface area contributed by atoms with Gasteiger partial charge in [0, 0.05) is 25.2 Å². The van der Waals surface area contributed by atoms with Crippen LogP contribution in [0.15, 0.2) is 0 Å². The van der Waals surface area contributed by atoms with E-state index < -0.39 is 0 Å². The van der Waals surface area contributed by atoms with Crippen molar-refractivity contribution in [3.63, 3.8) is 0 Å². The lowest BCUT2D eigenvalue weighted by atomic mass is 10.2. The third kappa shape index (κ3) is 2.98. The van der Waals surface area contributed by atoms with E-state index >= 15 is 0 Å². The van der Waals surface area contributed by atoms with Crippen LogP contribution in [0.3, 0.4) is 0 Å². The smallest absolute Gasteiger partial charge is 0.246 e. The Kier molecular flexibility index (Phi) is 4.08. The summed E-state index contributed by atoms with van der Waals surface area (Å²) in [6, 6.07) is 0.355. The maximum atomic E-state index is 11.5. The highest BCUT2D eigenvalue weighted by Gasteiger charge is 2.27. The number of nitrogens with zero attached hydrogens (tertiary/aromatic N) is 3. The van der Waals surface area contributed by atoms with Crippen LogP contribution in [0.25, 0.3) is 0 Å². The van der Waals surface area contributed by atoms with Gasteiger partial charge in [0.2, 0.25) is 11.8 Å². The molecule has 110 valence electrons. The van der Waals surface area contributed by atoms with Crippen LogP contribution in [0.2, 0.25) is 0 Å². The number of hydrogen-bond donors (Lipinski definition) is 2. The summed E-state index contributed by atoms with van der Waals surface area (Å²) in [5.74, 6) is 0.282. The summed E-state index contributed by atoms with van der Waals surface area (Å²) in [4.78, 5) is 24.8. The predicted octanol–water partition coefficient (Wildman–Crippen LogP) is -0.311. The third-order valence-corrected chi connectivity index (χ3v) is 3.25. The summed E-state index contributed by atoms with van der Waals surface area (Å²) in [6.07, 6.45) is 0. The second-order valence-corrected chi connectivity index (χ2v) is 5.37. The lowest BCUT2D eigenvalue weighted by molar-refractivity contribution is -0.130. The van der Waals surface area contributed by atoms with Gasteiger partial charge in [-0.2, -0.15) is 5.10 Å². The molecule has 1 saturated heterocycles. The van der Waals surface area contributed by atoms with Crippen molar-refractivity contribution in [1.82, 2.24) is 20.4 Å². The fourth-order valence-electron chi connectivity index (χ4n) is 2.39. The molecule has 0 bridgehead atoms. The molecule has 2 rings (SSSR count). The number of amides is 2. The van der Waals surface area contributed by atoms with Crippen LogP contribution in [0, 0.1) is 6.92 Å². The zero-order valence-electron chi connectivity index (χ0n) is 12.4. The van der Waals surface area contributed by atoms with Gasteiger partial charge in [0.05, 0.1) is 18.8 Å². The van der Waals surface area contributed by atoms with Crippen molar-refractivity contribution >= 4 is 17.6 Å². The molecule has 1 aromatic rings. The zero-order chi connectivity index (χ0) is 14.9. The van der Waals surface area contributed by atoms with Crippen LogP contribution >= 0.6 is 0 Å². The van der Waals surface area contributed by atoms with E-state index in [-0.39, 0.29) is 24.9 Å². The summed E-state index contributed by atoms with van der Waals surface area (Å²) in [7, 11) is 1.83. The number of anilines is 1. The fraction of sp³-hybridized carbons (Fsp3) is 0.615. The number of rotatable bonds is 4. The first kappa shape index (κ1) is 14.5. The number of piperazine rings is 1. The van der Waals surface area contributed by atoms with Gasteiger partial charge in [0.1, 0.15) is 5.82 Å². The van der Waals surface area contributed by atoms with E-state index in [1.807, 2.05) is 14.0 Å². The van der Waals surface area contributed by atoms with Crippen molar-refractivity contribution in [3.05, 3.63) is 11.3 Å². The number of imide groups is 1. The number of hydrogen-bond acceptors (Lipinski definition) is 5. The molecule has 1 aliphatic rings. The van der Waals surface area contributed by atoms with Crippen LogP contribution in [0.4, 0.5) is 5.82 Å². The first-order valence-electron chi connectivity index (χ1n) is 6.72. The Labute approximate surface area is 118 Å². The standard InChI is InChI=1S/C13H21N5O2/c1-8(2)14-5-10-9(3)16-17(4)13(10)18-6-11(19)15-12(20)7-18/h8,14H,5-7H2,1-4H3,(H,15,19,20). The van der Waals surface area contributed by atoms with E-state index in [1.54, 1.807) is 9.58 Å². The molecule has 20 heavy (non-hydrogen) atoms. The van der Waals surface area contributed by atoms with Crippen LogP contribution in [-0.2, 0) is 23.2 Å². The highest BCUT2D eigenvalue weighted by atomic mass is 16.2. The van der Waals surface area contributed by atoms with Gasteiger partial charge in [-0.25, -0.2) is 0 Å². The highest BCUT2D eigenvalue weighted by Crippen LogP contribution is 2.23. The summed E-state index contributed by atoms with van der Waals surface area (Å²) in [5.41, 5.74) is 1.94. The minimum Gasteiger partial charge on any atom is -0.338 e. The molecule has 0 aliphatic carbocycles. The van der Waals surface area contributed by atoms with E-state index in [0.29, 0.717) is 12.6 Å². The molecule has 1 fully saturated rings. The van der Waals surface area contributed by atoms with Gasteiger partial charge in [0.15, 0.2) is 0 Å². The molecule has 2 heterocycles. The quantitative estimate of drug-likeness (QED) is 0.739. The SMILES string of the molecule is Cc1nn(C)c(N2CC(=O)NC(=O)C2)c1CNC(C)C. The Morgan fingerprint density at radius 1 is 1.30 bits per heavy atom. The van der Waals surface area contributed by atoms with Gasteiger partial charge in [0.25, 0.3) is 0 Å². The molecule has 0 saturated carbocycles. The normalized spacial score (nSPS) is 15.9. The van der Waals surface area contributed by atoms with E-state index in [1.165, 1.54) is 0 Å². The summed E-state index contributed by atoms with van der Waals surface area (Å²) < 4.78 is 1.73. The Hall–Kier alpha value is -1.89. The van der Waals surface area contributed by atoms with Gasteiger partial charge < -0.3 is 10.2 Å². The molecule has 0 aromatic carbocycles. The van der Waals surface area contributed by atoms with E-state index in [4.69, 9.17) is 0 Å². The largest absolute Gasteiger partial charge is 0.338 e. The number of carbonyl (C=O) groups is 2. The van der Waals surface area contributed by atoms with Gasteiger partial charge in [-0.05, 0) is 6.92 Å². The average molecular weight is 279 g/mol. The molecule has 1 aliphatic heterocycles. The Balaban J connectivity index is 2.30. The lowest BCUT2D eigenvalue weighted by Crippen LogP contribution is -2.52. The molecule has 7 heteroatoms. The molecule has 0 atom stereocenters.